The molecule has 0 spiro atoms. The van der Waals surface area contributed by atoms with Crippen LogP contribution in [0.5, 0.6) is 0 Å². The van der Waals surface area contributed by atoms with Gasteiger partial charge in [0, 0.05) is 13.1 Å². The van der Waals surface area contributed by atoms with Crippen molar-refractivity contribution in [2.45, 2.75) is 38.5 Å². The average molecular weight is 287 g/mol. The number of hydrogen-bond acceptors (Lipinski definition) is 2. The summed E-state index contributed by atoms with van der Waals surface area (Å²) in [5.41, 5.74) is 3.86. The Morgan fingerprint density at radius 2 is 1.95 bits per heavy atom. The molecule has 1 fully saturated rings. The highest BCUT2D eigenvalue weighted by atomic mass is 16.4. The smallest absolute Gasteiger partial charge is 0.308 e. The molecule has 3 rings (SSSR count). The van der Waals surface area contributed by atoms with Gasteiger partial charge in [-0.2, -0.15) is 0 Å². The molecule has 1 amide bonds. The first-order chi connectivity index (χ1) is 10.1. The second-order valence-electron chi connectivity index (χ2n) is 6.15. The van der Waals surface area contributed by atoms with E-state index in [1.807, 2.05) is 6.07 Å². The number of aryl methyl sites for hydroxylation is 2. The van der Waals surface area contributed by atoms with Gasteiger partial charge in [-0.15, -0.1) is 0 Å². The summed E-state index contributed by atoms with van der Waals surface area (Å²) in [4.78, 5) is 24.9. The third-order valence-corrected chi connectivity index (χ3v) is 4.66. The van der Waals surface area contributed by atoms with E-state index in [2.05, 4.69) is 12.1 Å². The van der Waals surface area contributed by atoms with E-state index in [0.717, 1.165) is 18.4 Å². The topological polar surface area (TPSA) is 57.6 Å². The molecule has 1 atom stereocenters. The highest BCUT2D eigenvalue weighted by Gasteiger charge is 2.30. The lowest BCUT2D eigenvalue weighted by Gasteiger charge is -2.18. The van der Waals surface area contributed by atoms with Gasteiger partial charge in [0.25, 0.3) is 0 Å². The number of amides is 1. The molecule has 21 heavy (non-hydrogen) atoms. The minimum Gasteiger partial charge on any atom is -0.481 e. The lowest BCUT2D eigenvalue weighted by Crippen LogP contribution is -2.31. The van der Waals surface area contributed by atoms with Gasteiger partial charge in [0.05, 0.1) is 12.3 Å². The second kappa shape index (κ2) is 5.88. The zero-order valence-corrected chi connectivity index (χ0v) is 12.2. The van der Waals surface area contributed by atoms with Crippen LogP contribution in [0.2, 0.25) is 0 Å². The monoisotopic (exact) mass is 287 g/mol. The minimum atomic E-state index is -0.793. The van der Waals surface area contributed by atoms with Gasteiger partial charge in [0.1, 0.15) is 0 Å². The summed E-state index contributed by atoms with van der Waals surface area (Å²) in [6, 6.07) is 6.37. The Balaban J connectivity index is 1.64. The second-order valence-corrected chi connectivity index (χ2v) is 6.15. The number of nitrogens with zero attached hydrogens (tertiary/aromatic N) is 1. The van der Waals surface area contributed by atoms with Gasteiger partial charge in [-0.1, -0.05) is 18.2 Å². The van der Waals surface area contributed by atoms with Crippen molar-refractivity contribution in [2.75, 3.05) is 13.1 Å². The number of carbonyl (C=O) groups is 2. The van der Waals surface area contributed by atoms with E-state index in [4.69, 9.17) is 5.11 Å². The summed E-state index contributed by atoms with van der Waals surface area (Å²) in [5.74, 6) is -1.13. The summed E-state index contributed by atoms with van der Waals surface area (Å²) in [7, 11) is 0. The average Bonchev–Trinajstić information content (AvgIpc) is 2.97. The lowest BCUT2D eigenvalue weighted by molar-refractivity contribution is -0.141. The van der Waals surface area contributed by atoms with Crippen molar-refractivity contribution >= 4 is 11.9 Å². The van der Waals surface area contributed by atoms with Crippen LogP contribution in [0.3, 0.4) is 0 Å². The van der Waals surface area contributed by atoms with Gasteiger partial charge in [0.2, 0.25) is 5.91 Å². The number of benzene rings is 1. The Morgan fingerprint density at radius 1 is 1.19 bits per heavy atom. The molecule has 4 nitrogen and oxygen atoms in total. The van der Waals surface area contributed by atoms with E-state index < -0.39 is 11.9 Å². The van der Waals surface area contributed by atoms with Crippen molar-refractivity contribution < 1.29 is 14.7 Å². The van der Waals surface area contributed by atoms with Gasteiger partial charge < -0.3 is 10.0 Å². The predicted octanol–water partition coefficient (Wildman–Crippen LogP) is 2.04. The van der Waals surface area contributed by atoms with Crippen LogP contribution in [0.15, 0.2) is 18.2 Å². The lowest BCUT2D eigenvalue weighted by atomic mass is 9.90. The molecule has 1 aliphatic carbocycles. The summed E-state index contributed by atoms with van der Waals surface area (Å²) < 4.78 is 0. The first-order valence-electron chi connectivity index (χ1n) is 7.75. The van der Waals surface area contributed by atoms with Crippen molar-refractivity contribution in [1.29, 1.82) is 0 Å². The van der Waals surface area contributed by atoms with Crippen molar-refractivity contribution in [3.8, 4) is 0 Å². The molecule has 1 N–H and O–H groups in total. The normalized spacial score (nSPS) is 21.1. The molecule has 1 heterocycles. The molecular weight excluding hydrogens is 266 g/mol. The molecule has 0 radical (unpaired) electrons. The van der Waals surface area contributed by atoms with Crippen LogP contribution in [0, 0.1) is 5.92 Å². The van der Waals surface area contributed by atoms with Crippen molar-refractivity contribution in [2.24, 2.45) is 5.92 Å². The Morgan fingerprint density at radius 3 is 2.67 bits per heavy atom. The fourth-order valence-electron chi connectivity index (χ4n) is 3.37. The summed E-state index contributed by atoms with van der Waals surface area (Å²) >= 11 is 0. The molecule has 1 aromatic carbocycles. The Hall–Kier alpha value is -1.84. The van der Waals surface area contributed by atoms with E-state index in [1.54, 1.807) is 4.90 Å². The SMILES string of the molecule is O=C(O)[C@H]1CCN(C(=O)Cc2ccc3c(c2)CCCC3)C1. The molecule has 112 valence electrons. The van der Waals surface area contributed by atoms with Gasteiger partial charge in [-0.3, -0.25) is 9.59 Å². The minimum absolute atomic E-state index is 0.0505. The molecule has 0 saturated carbocycles. The molecular formula is C17H21NO3. The zero-order valence-electron chi connectivity index (χ0n) is 12.2. The van der Waals surface area contributed by atoms with Gasteiger partial charge in [0.15, 0.2) is 0 Å². The Bertz CT molecular complexity index is 567. The first-order valence-corrected chi connectivity index (χ1v) is 7.75. The largest absolute Gasteiger partial charge is 0.481 e. The first kappa shape index (κ1) is 14.1. The van der Waals surface area contributed by atoms with E-state index in [9.17, 15) is 9.59 Å². The number of aliphatic carboxylic acids is 1. The number of likely N-dealkylation sites (tertiary alicyclic amines) is 1. The fourth-order valence-corrected chi connectivity index (χ4v) is 3.37. The molecule has 0 bridgehead atoms. The molecule has 0 unspecified atom stereocenters. The highest BCUT2D eigenvalue weighted by molar-refractivity contribution is 5.80. The number of carboxylic acid groups (broad SMARTS) is 1. The zero-order chi connectivity index (χ0) is 14.8. The van der Waals surface area contributed by atoms with Gasteiger partial charge in [-0.05, 0) is 48.8 Å². The van der Waals surface area contributed by atoms with E-state index in [1.165, 1.54) is 24.0 Å². The molecule has 4 heteroatoms. The van der Waals surface area contributed by atoms with Gasteiger partial charge >= 0.3 is 5.97 Å². The van der Waals surface area contributed by atoms with E-state index >= 15 is 0 Å². The van der Waals surface area contributed by atoms with Crippen LogP contribution in [0.4, 0.5) is 0 Å². The maximum Gasteiger partial charge on any atom is 0.308 e. The van der Waals surface area contributed by atoms with Crippen molar-refractivity contribution in [3.63, 3.8) is 0 Å². The third-order valence-electron chi connectivity index (χ3n) is 4.66. The molecule has 1 saturated heterocycles. The van der Waals surface area contributed by atoms with Crippen molar-refractivity contribution in [3.05, 3.63) is 34.9 Å². The number of hydrogen-bond donors (Lipinski definition) is 1. The van der Waals surface area contributed by atoms with Crippen LogP contribution >= 0.6 is 0 Å². The third kappa shape index (κ3) is 3.09. The number of rotatable bonds is 3. The van der Waals surface area contributed by atoms with Crippen LogP contribution < -0.4 is 0 Å². The Labute approximate surface area is 124 Å². The van der Waals surface area contributed by atoms with Crippen LogP contribution in [-0.2, 0) is 28.9 Å². The number of fused-ring (bicyclic) bond motifs is 1. The summed E-state index contributed by atoms with van der Waals surface area (Å²) in [6.07, 6.45) is 5.72. The fraction of sp³-hybridized carbons (Fsp3) is 0.529. The quantitative estimate of drug-likeness (QED) is 0.925. The number of carbonyl (C=O) groups excluding carboxylic acids is 1. The molecule has 0 aromatic heterocycles. The number of carboxylic acids is 1. The maximum absolute atomic E-state index is 12.3. The van der Waals surface area contributed by atoms with E-state index in [0.29, 0.717) is 25.9 Å². The van der Waals surface area contributed by atoms with Crippen LogP contribution in [0.25, 0.3) is 0 Å². The van der Waals surface area contributed by atoms with Gasteiger partial charge in [-0.25, -0.2) is 0 Å². The molecule has 1 aromatic rings. The summed E-state index contributed by atoms with van der Waals surface area (Å²) in [6.45, 7) is 0.930. The predicted molar refractivity (Wildman–Crippen MR) is 79.1 cm³/mol. The molecule has 1 aliphatic heterocycles. The highest BCUT2D eigenvalue weighted by Crippen LogP contribution is 2.23. The summed E-state index contributed by atoms with van der Waals surface area (Å²) in [5, 5.41) is 9.00. The standard InChI is InChI=1S/C17H21NO3/c19-16(18-8-7-15(11-18)17(20)21)10-12-5-6-13-3-1-2-4-14(13)9-12/h5-6,9,15H,1-4,7-8,10-11H2,(H,20,21)/t15-/m0/s1. The molecule has 2 aliphatic rings. The van der Waals surface area contributed by atoms with Crippen molar-refractivity contribution in [1.82, 2.24) is 4.90 Å². The Kier molecular flexibility index (Phi) is 3.95. The van der Waals surface area contributed by atoms with E-state index in [-0.39, 0.29) is 5.91 Å². The van der Waals surface area contributed by atoms with Crippen LogP contribution in [0.1, 0.15) is 36.0 Å². The van der Waals surface area contributed by atoms with Crippen LogP contribution in [-0.4, -0.2) is 35.0 Å². The maximum atomic E-state index is 12.3.